The van der Waals surface area contributed by atoms with E-state index in [2.05, 4.69) is 31.0 Å². The van der Waals surface area contributed by atoms with Gasteiger partial charge >= 0.3 is 0 Å². The Bertz CT molecular complexity index is 299. The molecule has 70 valence electrons. The molecule has 1 aromatic rings. The van der Waals surface area contributed by atoms with Crippen molar-refractivity contribution in [1.29, 1.82) is 0 Å². The van der Waals surface area contributed by atoms with E-state index in [1.807, 2.05) is 12.4 Å². The van der Waals surface area contributed by atoms with Gasteiger partial charge in [0.05, 0.1) is 0 Å². The molecule has 1 fully saturated rings. The van der Waals surface area contributed by atoms with Gasteiger partial charge in [-0.05, 0) is 30.5 Å². The van der Waals surface area contributed by atoms with E-state index in [9.17, 15) is 0 Å². The first-order valence-electron chi connectivity index (χ1n) is 4.76. The Morgan fingerprint density at radius 1 is 1.31 bits per heavy atom. The molecule has 0 amide bonds. The smallest absolute Gasteiger partial charge is 0.0270 e. The molecule has 2 rings (SSSR count). The fourth-order valence-electron chi connectivity index (χ4n) is 1.82. The van der Waals surface area contributed by atoms with Gasteiger partial charge < -0.3 is 5.73 Å². The molecule has 0 bridgehead atoms. The van der Waals surface area contributed by atoms with Crippen LogP contribution < -0.4 is 5.73 Å². The second-order valence-electron chi connectivity index (χ2n) is 4.52. The summed E-state index contributed by atoms with van der Waals surface area (Å²) >= 11 is 0. The molecule has 0 unspecified atom stereocenters. The Morgan fingerprint density at radius 3 is 2.31 bits per heavy atom. The summed E-state index contributed by atoms with van der Waals surface area (Å²) in [4.78, 5) is 4.02. The van der Waals surface area contributed by atoms with Crippen molar-refractivity contribution in [2.24, 2.45) is 5.73 Å². The largest absolute Gasteiger partial charge is 0.324 e. The molecule has 0 aromatic carbocycles. The van der Waals surface area contributed by atoms with Crippen molar-refractivity contribution >= 4 is 0 Å². The van der Waals surface area contributed by atoms with E-state index in [-0.39, 0.29) is 11.0 Å². The second kappa shape index (κ2) is 2.55. The monoisotopic (exact) mass is 176 g/mol. The number of nitrogens with two attached hydrogens (primary N) is 1. The topological polar surface area (TPSA) is 38.9 Å². The Kier molecular flexibility index (Phi) is 1.70. The first-order chi connectivity index (χ1) is 6.06. The maximum absolute atomic E-state index is 6.24. The molecular formula is C11H16N2. The van der Waals surface area contributed by atoms with Gasteiger partial charge in [0, 0.05) is 23.3 Å². The molecule has 1 aromatic heterocycles. The number of rotatable bonds is 2. The van der Waals surface area contributed by atoms with Gasteiger partial charge in [-0.3, -0.25) is 4.98 Å². The normalized spacial score (nSPS) is 19.9. The van der Waals surface area contributed by atoms with Crippen LogP contribution in [0.4, 0.5) is 0 Å². The van der Waals surface area contributed by atoms with Crippen LogP contribution in [0, 0.1) is 0 Å². The zero-order chi connectivity index (χ0) is 9.53. The number of hydrogen-bond donors (Lipinski definition) is 1. The molecule has 0 saturated heterocycles. The van der Waals surface area contributed by atoms with Gasteiger partial charge in [-0.1, -0.05) is 13.8 Å². The maximum Gasteiger partial charge on any atom is 0.0270 e. The van der Waals surface area contributed by atoms with Gasteiger partial charge in [0.25, 0.3) is 0 Å². The van der Waals surface area contributed by atoms with Gasteiger partial charge in [0.1, 0.15) is 0 Å². The van der Waals surface area contributed by atoms with E-state index in [0.29, 0.717) is 0 Å². The minimum atomic E-state index is 0.0222. The summed E-state index contributed by atoms with van der Waals surface area (Å²) in [5, 5.41) is 0. The zero-order valence-electron chi connectivity index (χ0n) is 8.25. The van der Waals surface area contributed by atoms with E-state index in [0.717, 1.165) is 12.8 Å². The van der Waals surface area contributed by atoms with Crippen LogP contribution in [0.3, 0.4) is 0 Å². The lowest BCUT2D eigenvalue weighted by Crippen LogP contribution is -2.43. The van der Waals surface area contributed by atoms with Gasteiger partial charge in [-0.2, -0.15) is 0 Å². The Morgan fingerprint density at radius 2 is 1.85 bits per heavy atom. The number of hydrogen-bond acceptors (Lipinski definition) is 2. The predicted octanol–water partition coefficient (Wildman–Crippen LogP) is 1.85. The summed E-state index contributed by atoms with van der Waals surface area (Å²) in [6, 6.07) is 4.12. The van der Waals surface area contributed by atoms with Crippen LogP contribution in [0.25, 0.3) is 0 Å². The summed E-state index contributed by atoms with van der Waals surface area (Å²) < 4.78 is 0. The predicted molar refractivity (Wildman–Crippen MR) is 53.4 cm³/mol. The minimum absolute atomic E-state index is 0.0222. The molecule has 1 heterocycles. The van der Waals surface area contributed by atoms with Gasteiger partial charge in [-0.15, -0.1) is 0 Å². The average molecular weight is 176 g/mol. The van der Waals surface area contributed by atoms with Crippen molar-refractivity contribution in [1.82, 2.24) is 4.98 Å². The van der Waals surface area contributed by atoms with Crippen LogP contribution in [-0.2, 0) is 5.41 Å². The molecular weight excluding hydrogens is 160 g/mol. The van der Waals surface area contributed by atoms with Crippen molar-refractivity contribution in [2.75, 3.05) is 0 Å². The number of pyridine rings is 1. The van der Waals surface area contributed by atoms with E-state index in [1.165, 1.54) is 5.56 Å². The third-order valence-corrected chi connectivity index (χ3v) is 3.44. The summed E-state index contributed by atoms with van der Waals surface area (Å²) in [5.74, 6) is 0. The molecule has 0 atom stereocenters. The van der Waals surface area contributed by atoms with Crippen molar-refractivity contribution in [3.63, 3.8) is 0 Å². The molecule has 1 aliphatic rings. The van der Waals surface area contributed by atoms with Crippen molar-refractivity contribution in [2.45, 2.75) is 37.6 Å². The lowest BCUT2D eigenvalue weighted by molar-refractivity contribution is 0.391. The highest BCUT2D eigenvalue weighted by Crippen LogP contribution is 2.48. The fourth-order valence-corrected chi connectivity index (χ4v) is 1.82. The van der Waals surface area contributed by atoms with E-state index >= 15 is 0 Å². The van der Waals surface area contributed by atoms with Gasteiger partial charge in [0.2, 0.25) is 0 Å². The fraction of sp³-hybridized carbons (Fsp3) is 0.545. The summed E-state index contributed by atoms with van der Waals surface area (Å²) in [6.07, 6.45) is 5.95. The average Bonchev–Trinajstić information content (AvgIpc) is 2.87. The van der Waals surface area contributed by atoms with Crippen LogP contribution in [0.15, 0.2) is 24.5 Å². The molecule has 2 N–H and O–H groups in total. The van der Waals surface area contributed by atoms with Crippen molar-refractivity contribution in [3.8, 4) is 0 Å². The van der Waals surface area contributed by atoms with Crippen molar-refractivity contribution < 1.29 is 0 Å². The van der Waals surface area contributed by atoms with Crippen LogP contribution in [-0.4, -0.2) is 10.5 Å². The highest BCUT2D eigenvalue weighted by Gasteiger charge is 2.51. The summed E-state index contributed by atoms with van der Waals surface area (Å²) in [7, 11) is 0. The molecule has 2 nitrogen and oxygen atoms in total. The van der Waals surface area contributed by atoms with E-state index < -0.39 is 0 Å². The number of aromatic nitrogens is 1. The van der Waals surface area contributed by atoms with Crippen LogP contribution in [0.2, 0.25) is 0 Å². The first-order valence-corrected chi connectivity index (χ1v) is 4.76. The van der Waals surface area contributed by atoms with Crippen molar-refractivity contribution in [3.05, 3.63) is 30.1 Å². The maximum atomic E-state index is 6.24. The first kappa shape index (κ1) is 8.70. The molecule has 1 saturated carbocycles. The molecule has 0 radical (unpaired) electrons. The third kappa shape index (κ3) is 1.25. The lowest BCUT2D eigenvalue weighted by atomic mass is 9.76. The van der Waals surface area contributed by atoms with Gasteiger partial charge in [-0.25, -0.2) is 0 Å². The van der Waals surface area contributed by atoms with Crippen LogP contribution in [0.5, 0.6) is 0 Å². The summed E-state index contributed by atoms with van der Waals surface area (Å²) in [5.41, 5.74) is 7.63. The molecule has 0 aliphatic heterocycles. The Labute approximate surface area is 79.2 Å². The third-order valence-electron chi connectivity index (χ3n) is 3.44. The summed E-state index contributed by atoms with van der Waals surface area (Å²) in [6.45, 7) is 4.44. The quantitative estimate of drug-likeness (QED) is 0.747. The zero-order valence-corrected chi connectivity index (χ0v) is 8.25. The SMILES string of the molecule is CC(C)(c1ccncc1)C1(N)CC1. The van der Waals surface area contributed by atoms with Crippen LogP contribution >= 0.6 is 0 Å². The Balaban J connectivity index is 2.35. The highest BCUT2D eigenvalue weighted by atomic mass is 14.9. The highest BCUT2D eigenvalue weighted by molar-refractivity contribution is 5.30. The van der Waals surface area contributed by atoms with E-state index in [4.69, 9.17) is 5.73 Å². The minimum Gasteiger partial charge on any atom is -0.324 e. The number of nitrogens with zero attached hydrogens (tertiary/aromatic N) is 1. The van der Waals surface area contributed by atoms with Gasteiger partial charge in [0.15, 0.2) is 0 Å². The molecule has 1 aliphatic carbocycles. The Hall–Kier alpha value is -0.890. The molecule has 13 heavy (non-hydrogen) atoms. The standard InChI is InChI=1S/C11H16N2/c1-10(2,11(12)5-6-11)9-3-7-13-8-4-9/h3-4,7-8H,5-6,12H2,1-2H3. The molecule has 2 heteroatoms. The molecule has 0 spiro atoms. The van der Waals surface area contributed by atoms with E-state index in [1.54, 1.807) is 0 Å². The second-order valence-corrected chi connectivity index (χ2v) is 4.52. The van der Waals surface area contributed by atoms with Crippen LogP contribution in [0.1, 0.15) is 32.3 Å². The lowest BCUT2D eigenvalue weighted by Gasteiger charge is -2.32.